The monoisotopic (exact) mass is 283 g/mol. The first kappa shape index (κ1) is 14.1. The largest absolute Gasteiger partial charge is 0.478 e. The molecule has 0 bridgehead atoms. The van der Waals surface area contributed by atoms with Crippen LogP contribution in [-0.2, 0) is 0 Å². The highest BCUT2D eigenvalue weighted by atomic mass is 35.5. The van der Waals surface area contributed by atoms with Crippen LogP contribution in [0.4, 0.5) is 5.82 Å². The summed E-state index contributed by atoms with van der Waals surface area (Å²) in [5.74, 6) is -0.659. The van der Waals surface area contributed by atoms with Gasteiger partial charge in [-0.1, -0.05) is 18.5 Å². The predicted octanol–water partition coefficient (Wildman–Crippen LogP) is 2.33. The minimum absolute atomic E-state index is 0.152. The number of carboxylic acids is 1. The fourth-order valence-electron chi connectivity index (χ4n) is 2.10. The van der Waals surface area contributed by atoms with Crippen molar-refractivity contribution in [2.75, 3.05) is 25.0 Å². The molecular formula is C13H18ClN3O2. The van der Waals surface area contributed by atoms with Crippen molar-refractivity contribution in [2.24, 2.45) is 0 Å². The Bertz CT molecular complexity index is 463. The Morgan fingerprint density at radius 3 is 2.89 bits per heavy atom. The molecule has 2 N–H and O–H groups in total. The second-order valence-corrected chi connectivity index (χ2v) is 5.01. The van der Waals surface area contributed by atoms with E-state index in [4.69, 9.17) is 16.7 Å². The van der Waals surface area contributed by atoms with Crippen molar-refractivity contribution in [3.8, 4) is 0 Å². The maximum atomic E-state index is 11.1. The standard InChI is InChI=1S/C13H18ClN3O2/c1-2-17(9-3-4-9)8-7-15-12-10(13(18)19)5-6-11(14)16-12/h5-6,9H,2-4,7-8H2,1H3,(H,15,16)(H,18,19). The lowest BCUT2D eigenvalue weighted by molar-refractivity contribution is 0.0697. The molecule has 0 amide bonds. The molecule has 1 saturated carbocycles. The number of nitrogens with one attached hydrogen (secondary N) is 1. The Balaban J connectivity index is 1.94. The Hall–Kier alpha value is -1.33. The third-order valence-corrected chi connectivity index (χ3v) is 3.46. The fraction of sp³-hybridized carbons (Fsp3) is 0.538. The minimum atomic E-state index is -0.999. The average molecular weight is 284 g/mol. The lowest BCUT2D eigenvalue weighted by Crippen LogP contribution is -2.31. The second kappa shape index (κ2) is 6.21. The molecule has 0 saturated heterocycles. The van der Waals surface area contributed by atoms with Crippen molar-refractivity contribution >= 4 is 23.4 Å². The van der Waals surface area contributed by atoms with Crippen LogP contribution in [0.25, 0.3) is 0 Å². The van der Waals surface area contributed by atoms with Crippen molar-refractivity contribution in [3.05, 3.63) is 22.8 Å². The van der Waals surface area contributed by atoms with E-state index >= 15 is 0 Å². The summed E-state index contributed by atoms with van der Waals surface area (Å²) in [7, 11) is 0. The van der Waals surface area contributed by atoms with Crippen molar-refractivity contribution in [3.63, 3.8) is 0 Å². The van der Waals surface area contributed by atoms with Crippen LogP contribution >= 0.6 is 11.6 Å². The number of aromatic carboxylic acids is 1. The quantitative estimate of drug-likeness (QED) is 0.752. The van der Waals surface area contributed by atoms with E-state index in [1.807, 2.05) is 0 Å². The van der Waals surface area contributed by atoms with Gasteiger partial charge in [-0.25, -0.2) is 9.78 Å². The predicted molar refractivity (Wildman–Crippen MR) is 75.0 cm³/mol. The van der Waals surface area contributed by atoms with Crippen LogP contribution in [-0.4, -0.2) is 46.6 Å². The van der Waals surface area contributed by atoms with Gasteiger partial charge < -0.3 is 10.4 Å². The number of nitrogens with zero attached hydrogens (tertiary/aromatic N) is 2. The number of carbonyl (C=O) groups is 1. The van der Waals surface area contributed by atoms with Crippen molar-refractivity contribution in [2.45, 2.75) is 25.8 Å². The number of likely N-dealkylation sites (N-methyl/N-ethyl adjacent to an activating group) is 1. The van der Waals surface area contributed by atoms with Gasteiger partial charge in [0.1, 0.15) is 16.5 Å². The number of carboxylic acid groups (broad SMARTS) is 1. The molecule has 1 aromatic rings. The average Bonchev–Trinajstić information content (AvgIpc) is 3.18. The molecule has 6 heteroatoms. The van der Waals surface area contributed by atoms with E-state index in [0.717, 1.165) is 13.1 Å². The zero-order valence-corrected chi connectivity index (χ0v) is 11.7. The number of hydrogen-bond acceptors (Lipinski definition) is 4. The molecule has 5 nitrogen and oxygen atoms in total. The Labute approximate surface area is 117 Å². The second-order valence-electron chi connectivity index (χ2n) is 4.62. The summed E-state index contributed by atoms with van der Waals surface area (Å²) in [6.45, 7) is 4.70. The SMILES string of the molecule is CCN(CCNc1nc(Cl)ccc1C(=O)O)C1CC1. The van der Waals surface area contributed by atoms with Gasteiger partial charge in [0.25, 0.3) is 0 Å². The Morgan fingerprint density at radius 2 is 2.32 bits per heavy atom. The van der Waals surface area contributed by atoms with E-state index in [0.29, 0.717) is 23.6 Å². The lowest BCUT2D eigenvalue weighted by atomic mass is 10.2. The zero-order valence-electron chi connectivity index (χ0n) is 10.9. The maximum absolute atomic E-state index is 11.1. The third-order valence-electron chi connectivity index (χ3n) is 3.25. The Morgan fingerprint density at radius 1 is 1.58 bits per heavy atom. The molecule has 0 unspecified atom stereocenters. The molecule has 2 rings (SSSR count). The van der Waals surface area contributed by atoms with Gasteiger partial charge in [-0.15, -0.1) is 0 Å². The van der Waals surface area contributed by atoms with Gasteiger partial charge in [0.05, 0.1) is 0 Å². The molecule has 1 aliphatic rings. The van der Waals surface area contributed by atoms with Crippen LogP contribution < -0.4 is 5.32 Å². The molecule has 1 aromatic heterocycles. The molecule has 0 aromatic carbocycles. The Kier molecular flexibility index (Phi) is 4.61. The summed E-state index contributed by atoms with van der Waals surface area (Å²) >= 11 is 5.80. The molecular weight excluding hydrogens is 266 g/mol. The number of rotatable bonds is 7. The molecule has 104 valence electrons. The first-order valence-electron chi connectivity index (χ1n) is 6.49. The summed E-state index contributed by atoms with van der Waals surface area (Å²) < 4.78 is 0. The normalized spacial score (nSPS) is 14.7. The summed E-state index contributed by atoms with van der Waals surface area (Å²) in [5.41, 5.74) is 0.152. The fourth-order valence-corrected chi connectivity index (χ4v) is 2.25. The zero-order chi connectivity index (χ0) is 13.8. The number of halogens is 1. The number of anilines is 1. The highest BCUT2D eigenvalue weighted by Gasteiger charge is 2.27. The van der Waals surface area contributed by atoms with Crippen LogP contribution in [0.1, 0.15) is 30.1 Å². The molecule has 19 heavy (non-hydrogen) atoms. The number of hydrogen-bond donors (Lipinski definition) is 2. The lowest BCUT2D eigenvalue weighted by Gasteiger charge is -2.20. The van der Waals surface area contributed by atoms with Crippen LogP contribution in [0.2, 0.25) is 5.15 Å². The van der Waals surface area contributed by atoms with Crippen LogP contribution in [0.15, 0.2) is 12.1 Å². The van der Waals surface area contributed by atoms with E-state index < -0.39 is 5.97 Å². The van der Waals surface area contributed by atoms with Crippen LogP contribution in [0.3, 0.4) is 0 Å². The molecule has 0 atom stereocenters. The van der Waals surface area contributed by atoms with Gasteiger partial charge in [-0.05, 0) is 31.5 Å². The van der Waals surface area contributed by atoms with Gasteiger partial charge in [-0.2, -0.15) is 0 Å². The van der Waals surface area contributed by atoms with Crippen LogP contribution in [0.5, 0.6) is 0 Å². The van der Waals surface area contributed by atoms with Gasteiger partial charge in [0.15, 0.2) is 0 Å². The van der Waals surface area contributed by atoms with E-state index in [1.54, 1.807) is 0 Å². The van der Waals surface area contributed by atoms with Gasteiger partial charge >= 0.3 is 5.97 Å². The van der Waals surface area contributed by atoms with E-state index in [1.165, 1.54) is 25.0 Å². The van der Waals surface area contributed by atoms with E-state index in [-0.39, 0.29) is 5.56 Å². The highest BCUT2D eigenvalue weighted by Crippen LogP contribution is 2.26. The molecule has 1 heterocycles. The molecule has 1 fully saturated rings. The topological polar surface area (TPSA) is 65.5 Å². The van der Waals surface area contributed by atoms with Gasteiger partial charge in [0, 0.05) is 19.1 Å². The molecule has 0 radical (unpaired) electrons. The first-order valence-corrected chi connectivity index (χ1v) is 6.87. The summed E-state index contributed by atoms with van der Waals surface area (Å²) in [6.07, 6.45) is 2.53. The molecule has 0 aliphatic heterocycles. The maximum Gasteiger partial charge on any atom is 0.339 e. The van der Waals surface area contributed by atoms with Crippen LogP contribution in [0, 0.1) is 0 Å². The third kappa shape index (κ3) is 3.81. The van der Waals surface area contributed by atoms with Crippen molar-refractivity contribution < 1.29 is 9.90 Å². The number of pyridine rings is 1. The van der Waals surface area contributed by atoms with Crippen molar-refractivity contribution in [1.29, 1.82) is 0 Å². The number of aromatic nitrogens is 1. The van der Waals surface area contributed by atoms with E-state index in [9.17, 15) is 4.79 Å². The van der Waals surface area contributed by atoms with Gasteiger partial charge in [0.2, 0.25) is 0 Å². The summed E-state index contributed by atoms with van der Waals surface area (Å²) in [5, 5.41) is 12.4. The van der Waals surface area contributed by atoms with E-state index in [2.05, 4.69) is 22.1 Å². The van der Waals surface area contributed by atoms with Crippen molar-refractivity contribution in [1.82, 2.24) is 9.88 Å². The summed E-state index contributed by atoms with van der Waals surface area (Å²) in [6, 6.07) is 3.66. The summed E-state index contributed by atoms with van der Waals surface area (Å²) in [4.78, 5) is 17.5. The first-order chi connectivity index (χ1) is 9.11. The highest BCUT2D eigenvalue weighted by molar-refractivity contribution is 6.29. The smallest absolute Gasteiger partial charge is 0.339 e. The minimum Gasteiger partial charge on any atom is -0.478 e. The van der Waals surface area contributed by atoms with Gasteiger partial charge in [-0.3, -0.25) is 4.90 Å². The molecule has 1 aliphatic carbocycles. The molecule has 0 spiro atoms.